The Morgan fingerprint density at radius 3 is 2.36 bits per heavy atom. The van der Waals surface area contributed by atoms with Gasteiger partial charge in [0.1, 0.15) is 0 Å². The summed E-state index contributed by atoms with van der Waals surface area (Å²) in [5, 5.41) is 0. The standard InChI is InChI=1S/C19H26INO/c1-4-9-15-13-18(14(3)20)21(16-11-7-6-8-12-16)19(22)17(15)10-5-2/h6-8,11-12,14,18H,4-5,9-10,13H2,1-3H3. The van der Waals surface area contributed by atoms with E-state index in [0.717, 1.165) is 43.4 Å². The minimum absolute atomic E-state index is 0.233. The smallest absolute Gasteiger partial charge is 0.254 e. The molecule has 0 bridgehead atoms. The summed E-state index contributed by atoms with van der Waals surface area (Å²) in [4.78, 5) is 15.2. The molecular formula is C19H26INO. The number of carbonyl (C=O) groups is 1. The van der Waals surface area contributed by atoms with Crippen LogP contribution in [0.3, 0.4) is 0 Å². The summed E-state index contributed by atoms with van der Waals surface area (Å²) in [5.74, 6) is 0.233. The normalized spacial score (nSPS) is 20.5. The van der Waals surface area contributed by atoms with Crippen molar-refractivity contribution in [2.24, 2.45) is 0 Å². The topological polar surface area (TPSA) is 20.3 Å². The van der Waals surface area contributed by atoms with E-state index in [9.17, 15) is 4.79 Å². The summed E-state index contributed by atoms with van der Waals surface area (Å²) < 4.78 is 0.428. The van der Waals surface area contributed by atoms with Crippen LogP contribution in [0, 0.1) is 0 Å². The van der Waals surface area contributed by atoms with E-state index in [1.54, 1.807) is 0 Å². The Labute approximate surface area is 148 Å². The van der Waals surface area contributed by atoms with Gasteiger partial charge < -0.3 is 4.90 Å². The van der Waals surface area contributed by atoms with E-state index >= 15 is 0 Å². The van der Waals surface area contributed by atoms with Gasteiger partial charge in [0.25, 0.3) is 5.91 Å². The first kappa shape index (κ1) is 17.5. The highest BCUT2D eigenvalue weighted by Crippen LogP contribution is 2.36. The third-order valence-corrected chi connectivity index (χ3v) is 5.14. The number of hydrogen-bond acceptors (Lipinski definition) is 1. The number of alkyl halides is 1. The van der Waals surface area contributed by atoms with E-state index in [1.807, 2.05) is 23.1 Å². The molecule has 0 aliphatic carbocycles. The molecular weight excluding hydrogens is 385 g/mol. The third-order valence-electron chi connectivity index (χ3n) is 4.31. The average Bonchev–Trinajstić information content (AvgIpc) is 2.51. The number of nitrogens with zero attached hydrogens (tertiary/aromatic N) is 1. The summed E-state index contributed by atoms with van der Waals surface area (Å²) >= 11 is 2.46. The molecule has 2 unspecified atom stereocenters. The highest BCUT2D eigenvalue weighted by atomic mass is 127. The second-order valence-corrected chi connectivity index (χ2v) is 8.01. The van der Waals surface area contributed by atoms with Crippen molar-refractivity contribution in [1.82, 2.24) is 0 Å². The molecule has 0 fully saturated rings. The molecule has 120 valence electrons. The van der Waals surface area contributed by atoms with Crippen LogP contribution in [0.1, 0.15) is 52.9 Å². The van der Waals surface area contributed by atoms with Gasteiger partial charge in [-0.3, -0.25) is 4.79 Å². The maximum Gasteiger partial charge on any atom is 0.254 e. The van der Waals surface area contributed by atoms with Gasteiger partial charge in [-0.05, 0) is 31.4 Å². The summed E-state index contributed by atoms with van der Waals surface area (Å²) in [5.41, 5.74) is 3.50. The maximum absolute atomic E-state index is 13.2. The minimum atomic E-state index is 0.233. The second-order valence-electron chi connectivity index (χ2n) is 6.04. The van der Waals surface area contributed by atoms with Crippen molar-refractivity contribution in [3.63, 3.8) is 0 Å². The van der Waals surface area contributed by atoms with Crippen LogP contribution in [0.4, 0.5) is 5.69 Å². The molecule has 2 atom stereocenters. The number of carbonyl (C=O) groups excluding carboxylic acids is 1. The van der Waals surface area contributed by atoms with Gasteiger partial charge in [0.05, 0.1) is 6.04 Å². The Morgan fingerprint density at radius 1 is 1.18 bits per heavy atom. The largest absolute Gasteiger partial charge is 0.304 e. The molecule has 2 rings (SSSR count). The number of para-hydroxylation sites is 1. The van der Waals surface area contributed by atoms with Gasteiger partial charge in [-0.2, -0.15) is 0 Å². The van der Waals surface area contributed by atoms with Crippen LogP contribution in [0.15, 0.2) is 41.5 Å². The van der Waals surface area contributed by atoms with Crippen molar-refractivity contribution in [3.8, 4) is 0 Å². The first-order valence-electron chi connectivity index (χ1n) is 8.33. The molecule has 1 aromatic rings. The lowest BCUT2D eigenvalue weighted by atomic mass is 9.87. The highest BCUT2D eigenvalue weighted by molar-refractivity contribution is 14.1. The Balaban J connectivity index is 2.45. The molecule has 0 N–H and O–H groups in total. The molecule has 3 heteroatoms. The molecule has 0 spiro atoms. The fraction of sp³-hybridized carbons (Fsp3) is 0.526. The number of amides is 1. The van der Waals surface area contributed by atoms with Gasteiger partial charge in [-0.1, -0.05) is 80.0 Å². The molecule has 22 heavy (non-hydrogen) atoms. The van der Waals surface area contributed by atoms with Crippen LogP contribution in [-0.2, 0) is 4.79 Å². The maximum atomic E-state index is 13.2. The molecule has 1 aliphatic rings. The molecule has 0 radical (unpaired) electrons. The molecule has 1 aliphatic heterocycles. The van der Waals surface area contributed by atoms with E-state index in [0.29, 0.717) is 3.92 Å². The van der Waals surface area contributed by atoms with E-state index in [1.165, 1.54) is 5.57 Å². The molecule has 1 heterocycles. The highest BCUT2D eigenvalue weighted by Gasteiger charge is 2.36. The molecule has 1 aromatic carbocycles. The second kappa shape index (κ2) is 8.14. The first-order chi connectivity index (χ1) is 10.6. The van der Waals surface area contributed by atoms with Crippen molar-refractivity contribution in [2.45, 2.75) is 62.8 Å². The van der Waals surface area contributed by atoms with Crippen LogP contribution in [-0.4, -0.2) is 15.9 Å². The van der Waals surface area contributed by atoms with Crippen LogP contribution < -0.4 is 4.90 Å². The zero-order chi connectivity index (χ0) is 16.1. The van der Waals surface area contributed by atoms with Gasteiger partial charge in [0.2, 0.25) is 0 Å². The third kappa shape index (κ3) is 3.73. The molecule has 0 saturated heterocycles. The number of anilines is 1. The summed E-state index contributed by atoms with van der Waals surface area (Å²) in [6.45, 7) is 6.57. The minimum Gasteiger partial charge on any atom is -0.304 e. The van der Waals surface area contributed by atoms with Crippen molar-refractivity contribution < 1.29 is 4.79 Å². The molecule has 1 amide bonds. The number of benzene rings is 1. The van der Waals surface area contributed by atoms with Crippen molar-refractivity contribution in [3.05, 3.63) is 41.5 Å². The van der Waals surface area contributed by atoms with Gasteiger partial charge in [0, 0.05) is 15.2 Å². The zero-order valence-corrected chi connectivity index (χ0v) is 16.0. The fourth-order valence-corrected chi connectivity index (χ4v) is 3.84. The monoisotopic (exact) mass is 411 g/mol. The average molecular weight is 411 g/mol. The Morgan fingerprint density at radius 2 is 1.82 bits per heavy atom. The van der Waals surface area contributed by atoms with Crippen molar-refractivity contribution in [1.29, 1.82) is 0 Å². The predicted octanol–water partition coefficient (Wildman–Crippen LogP) is 5.51. The molecule has 2 nitrogen and oxygen atoms in total. The fourth-order valence-electron chi connectivity index (χ4n) is 3.27. The quantitative estimate of drug-likeness (QED) is 0.446. The number of halogens is 1. The number of rotatable bonds is 6. The van der Waals surface area contributed by atoms with E-state index in [2.05, 4.69) is 55.5 Å². The van der Waals surface area contributed by atoms with Gasteiger partial charge in [-0.15, -0.1) is 0 Å². The molecule has 0 saturated carbocycles. The van der Waals surface area contributed by atoms with Gasteiger partial charge >= 0.3 is 0 Å². The summed E-state index contributed by atoms with van der Waals surface area (Å²) in [7, 11) is 0. The molecule has 0 aromatic heterocycles. The predicted molar refractivity (Wildman–Crippen MR) is 103 cm³/mol. The van der Waals surface area contributed by atoms with E-state index < -0.39 is 0 Å². The first-order valence-corrected chi connectivity index (χ1v) is 9.58. The van der Waals surface area contributed by atoms with Crippen molar-refractivity contribution >= 4 is 34.2 Å². The van der Waals surface area contributed by atoms with Crippen LogP contribution >= 0.6 is 22.6 Å². The van der Waals surface area contributed by atoms with Crippen molar-refractivity contribution in [2.75, 3.05) is 4.90 Å². The van der Waals surface area contributed by atoms with Gasteiger partial charge in [0.15, 0.2) is 0 Å². The number of hydrogen-bond donors (Lipinski definition) is 0. The van der Waals surface area contributed by atoms with E-state index in [4.69, 9.17) is 0 Å². The SMILES string of the molecule is CCCC1=C(CCC)C(=O)N(c2ccccc2)C(C(C)I)C1. The Hall–Kier alpha value is -0.840. The van der Waals surface area contributed by atoms with Crippen LogP contribution in [0.25, 0.3) is 0 Å². The lowest BCUT2D eigenvalue weighted by Gasteiger charge is -2.40. The summed E-state index contributed by atoms with van der Waals surface area (Å²) in [6, 6.07) is 10.4. The van der Waals surface area contributed by atoms with Gasteiger partial charge in [-0.25, -0.2) is 0 Å². The van der Waals surface area contributed by atoms with E-state index in [-0.39, 0.29) is 11.9 Å². The Kier molecular flexibility index (Phi) is 6.48. The van der Waals surface area contributed by atoms with Crippen LogP contribution in [0.2, 0.25) is 0 Å². The lowest BCUT2D eigenvalue weighted by Crippen LogP contribution is -2.48. The summed E-state index contributed by atoms with van der Waals surface area (Å²) in [6.07, 6.45) is 5.13. The van der Waals surface area contributed by atoms with Crippen LogP contribution in [0.5, 0.6) is 0 Å². The lowest BCUT2D eigenvalue weighted by molar-refractivity contribution is -0.116. The Bertz CT molecular complexity index is 536. The zero-order valence-electron chi connectivity index (χ0n) is 13.8.